The van der Waals surface area contributed by atoms with Crippen LogP contribution in [0.5, 0.6) is 17.2 Å². The summed E-state index contributed by atoms with van der Waals surface area (Å²) in [6.45, 7) is 1.59. The van der Waals surface area contributed by atoms with Crippen LogP contribution in [0, 0.1) is 0 Å². The quantitative estimate of drug-likeness (QED) is 0.592. The molecule has 1 aromatic carbocycles. The van der Waals surface area contributed by atoms with Crippen LogP contribution in [0.15, 0.2) is 12.1 Å². The van der Waals surface area contributed by atoms with Gasteiger partial charge in [-0.3, -0.25) is 0 Å². The number of methoxy groups -OCH3 is 2. The van der Waals surface area contributed by atoms with Crippen molar-refractivity contribution >= 4 is 5.69 Å². The molecule has 0 aromatic heterocycles. The van der Waals surface area contributed by atoms with E-state index in [0.717, 1.165) is 13.0 Å². The van der Waals surface area contributed by atoms with Crippen LogP contribution in [0.1, 0.15) is 6.42 Å². The highest BCUT2D eigenvalue weighted by Crippen LogP contribution is 2.39. The third-order valence-corrected chi connectivity index (χ3v) is 2.47. The molecule has 0 bridgehead atoms. The van der Waals surface area contributed by atoms with Crippen LogP contribution < -0.4 is 19.9 Å². The maximum absolute atomic E-state index is 5.79. The summed E-state index contributed by atoms with van der Waals surface area (Å²) in [4.78, 5) is 2.11. The Bertz CT molecular complexity index is 381. The molecule has 5 heteroatoms. The maximum atomic E-state index is 5.79. The van der Waals surface area contributed by atoms with E-state index in [1.54, 1.807) is 26.4 Å². The van der Waals surface area contributed by atoms with Gasteiger partial charge in [0.25, 0.3) is 0 Å². The Hall–Kier alpha value is -1.62. The third-order valence-electron chi connectivity index (χ3n) is 2.47. The predicted molar refractivity (Wildman–Crippen MR) is 72.6 cm³/mol. The van der Waals surface area contributed by atoms with Gasteiger partial charge >= 0.3 is 0 Å². The molecule has 0 atom stereocenters. The van der Waals surface area contributed by atoms with Crippen LogP contribution in [-0.2, 0) is 0 Å². The van der Waals surface area contributed by atoms with Crippen molar-refractivity contribution in [1.82, 2.24) is 4.90 Å². The van der Waals surface area contributed by atoms with Crippen LogP contribution in [0.25, 0.3) is 0 Å². The molecule has 18 heavy (non-hydrogen) atoms. The molecule has 5 nitrogen and oxygen atoms in total. The number of hydrogen-bond donors (Lipinski definition) is 1. The lowest BCUT2D eigenvalue weighted by molar-refractivity contribution is 0.263. The summed E-state index contributed by atoms with van der Waals surface area (Å²) in [6, 6.07) is 3.46. The molecular weight excluding hydrogens is 232 g/mol. The molecule has 102 valence electrons. The highest BCUT2D eigenvalue weighted by Gasteiger charge is 2.12. The Morgan fingerprint density at radius 3 is 2.33 bits per heavy atom. The number of nitrogens with zero attached hydrogens (tertiary/aromatic N) is 1. The summed E-state index contributed by atoms with van der Waals surface area (Å²) in [5.74, 6) is 1.78. The minimum atomic E-state index is 0.580. The van der Waals surface area contributed by atoms with Gasteiger partial charge in [-0.1, -0.05) is 0 Å². The van der Waals surface area contributed by atoms with Crippen molar-refractivity contribution in [3.63, 3.8) is 0 Å². The topological polar surface area (TPSA) is 57.0 Å². The van der Waals surface area contributed by atoms with Gasteiger partial charge in [-0.25, -0.2) is 0 Å². The summed E-state index contributed by atoms with van der Waals surface area (Å²) in [5, 5.41) is 0. The highest BCUT2D eigenvalue weighted by atomic mass is 16.5. The molecule has 0 aliphatic rings. The van der Waals surface area contributed by atoms with Gasteiger partial charge < -0.3 is 24.8 Å². The fourth-order valence-electron chi connectivity index (χ4n) is 1.62. The molecule has 0 unspecified atom stereocenters. The van der Waals surface area contributed by atoms with E-state index in [0.29, 0.717) is 29.5 Å². The molecule has 1 aromatic rings. The number of ether oxygens (including phenoxy) is 3. The monoisotopic (exact) mass is 254 g/mol. The van der Waals surface area contributed by atoms with Gasteiger partial charge in [0.15, 0.2) is 11.5 Å². The second-order valence-electron chi connectivity index (χ2n) is 4.26. The first kappa shape index (κ1) is 14.4. The second-order valence-corrected chi connectivity index (χ2v) is 4.26. The molecule has 0 radical (unpaired) electrons. The minimum absolute atomic E-state index is 0.580. The Morgan fingerprint density at radius 2 is 1.78 bits per heavy atom. The number of rotatable bonds is 7. The molecule has 0 aliphatic heterocycles. The highest BCUT2D eigenvalue weighted by molar-refractivity contribution is 5.60. The lowest BCUT2D eigenvalue weighted by atomic mass is 10.2. The van der Waals surface area contributed by atoms with Gasteiger partial charge in [0.1, 0.15) is 0 Å². The van der Waals surface area contributed by atoms with Gasteiger partial charge in [-0.05, 0) is 20.5 Å². The Kier molecular flexibility index (Phi) is 5.58. The molecule has 1 rings (SSSR count). The van der Waals surface area contributed by atoms with Crippen LogP contribution in [0.2, 0.25) is 0 Å². The van der Waals surface area contributed by atoms with Crippen molar-refractivity contribution < 1.29 is 14.2 Å². The fourth-order valence-corrected chi connectivity index (χ4v) is 1.62. The van der Waals surface area contributed by atoms with E-state index in [4.69, 9.17) is 19.9 Å². The first-order valence-electron chi connectivity index (χ1n) is 5.87. The number of anilines is 1. The number of benzene rings is 1. The van der Waals surface area contributed by atoms with E-state index in [1.165, 1.54) is 0 Å². The van der Waals surface area contributed by atoms with Crippen LogP contribution in [-0.4, -0.2) is 46.4 Å². The summed E-state index contributed by atoms with van der Waals surface area (Å²) in [5.41, 5.74) is 6.38. The summed E-state index contributed by atoms with van der Waals surface area (Å²) >= 11 is 0. The van der Waals surface area contributed by atoms with Crippen molar-refractivity contribution in [1.29, 1.82) is 0 Å². The Labute approximate surface area is 108 Å². The van der Waals surface area contributed by atoms with Gasteiger partial charge in [0.2, 0.25) is 5.75 Å². The van der Waals surface area contributed by atoms with E-state index in [2.05, 4.69) is 4.90 Å². The average molecular weight is 254 g/mol. The van der Waals surface area contributed by atoms with Gasteiger partial charge in [0.05, 0.1) is 20.8 Å². The number of nitrogens with two attached hydrogens (primary N) is 1. The molecule has 0 fully saturated rings. The molecule has 0 aliphatic carbocycles. The van der Waals surface area contributed by atoms with Crippen molar-refractivity contribution in [2.24, 2.45) is 0 Å². The summed E-state index contributed by atoms with van der Waals surface area (Å²) < 4.78 is 16.2. The molecule has 0 spiro atoms. The third kappa shape index (κ3) is 4.00. The standard InChI is InChI=1S/C13H22N2O3/c1-15(2)6-5-7-18-12-9-10(14)8-11(16-3)13(12)17-4/h8-9H,5-7,14H2,1-4H3. The molecule has 0 heterocycles. The summed E-state index contributed by atoms with van der Waals surface area (Å²) in [7, 11) is 7.22. The minimum Gasteiger partial charge on any atom is -0.493 e. The second kappa shape index (κ2) is 6.96. The van der Waals surface area contributed by atoms with Crippen molar-refractivity contribution in [3.05, 3.63) is 12.1 Å². The van der Waals surface area contributed by atoms with E-state index < -0.39 is 0 Å². The average Bonchev–Trinajstić information content (AvgIpc) is 2.33. The van der Waals surface area contributed by atoms with Crippen LogP contribution in [0.4, 0.5) is 5.69 Å². The fraction of sp³-hybridized carbons (Fsp3) is 0.538. The zero-order chi connectivity index (χ0) is 13.5. The Balaban J connectivity index is 2.71. The maximum Gasteiger partial charge on any atom is 0.203 e. The van der Waals surface area contributed by atoms with Gasteiger partial charge in [0, 0.05) is 24.4 Å². The van der Waals surface area contributed by atoms with E-state index >= 15 is 0 Å². The molecule has 0 saturated carbocycles. The largest absolute Gasteiger partial charge is 0.493 e. The van der Waals surface area contributed by atoms with Crippen molar-refractivity contribution in [2.75, 3.05) is 47.2 Å². The SMILES string of the molecule is COc1cc(N)cc(OCCCN(C)C)c1OC. The molecule has 0 saturated heterocycles. The van der Waals surface area contributed by atoms with Crippen LogP contribution in [0.3, 0.4) is 0 Å². The van der Waals surface area contributed by atoms with Crippen LogP contribution >= 0.6 is 0 Å². The first-order valence-corrected chi connectivity index (χ1v) is 5.87. The molecule has 0 amide bonds. The zero-order valence-electron chi connectivity index (χ0n) is 11.5. The summed E-state index contributed by atoms with van der Waals surface area (Å²) in [6.07, 6.45) is 0.938. The number of hydrogen-bond acceptors (Lipinski definition) is 5. The Morgan fingerprint density at radius 1 is 1.11 bits per heavy atom. The van der Waals surface area contributed by atoms with E-state index in [9.17, 15) is 0 Å². The lowest BCUT2D eigenvalue weighted by Crippen LogP contribution is -2.15. The zero-order valence-corrected chi connectivity index (χ0v) is 11.5. The van der Waals surface area contributed by atoms with Crippen molar-refractivity contribution in [2.45, 2.75) is 6.42 Å². The normalized spacial score (nSPS) is 10.5. The molecular formula is C13H22N2O3. The first-order chi connectivity index (χ1) is 8.58. The van der Waals surface area contributed by atoms with Crippen molar-refractivity contribution in [3.8, 4) is 17.2 Å². The van der Waals surface area contributed by atoms with E-state index in [-0.39, 0.29) is 0 Å². The number of nitrogen functional groups attached to an aromatic ring is 1. The van der Waals surface area contributed by atoms with Gasteiger partial charge in [-0.2, -0.15) is 0 Å². The molecule has 2 N–H and O–H groups in total. The van der Waals surface area contributed by atoms with E-state index in [1.807, 2.05) is 14.1 Å². The predicted octanol–water partition coefficient (Wildman–Crippen LogP) is 1.62. The van der Waals surface area contributed by atoms with Gasteiger partial charge in [-0.15, -0.1) is 0 Å². The smallest absolute Gasteiger partial charge is 0.203 e. The lowest BCUT2D eigenvalue weighted by Gasteiger charge is -2.15.